The van der Waals surface area contributed by atoms with Crippen molar-refractivity contribution in [3.05, 3.63) is 76.7 Å². The van der Waals surface area contributed by atoms with Crippen LogP contribution in [0.5, 0.6) is 0 Å². The summed E-state index contributed by atoms with van der Waals surface area (Å²) in [6.45, 7) is 4.22. The van der Waals surface area contributed by atoms with Gasteiger partial charge in [0.05, 0.1) is 4.90 Å². The topological polar surface area (TPSA) is 79.4 Å². The molecule has 0 spiro atoms. The van der Waals surface area contributed by atoms with Crippen molar-refractivity contribution in [1.82, 2.24) is 9.29 Å². The molecule has 0 saturated carbocycles. The molecule has 2 aromatic heterocycles. The third kappa shape index (κ3) is 5.75. The van der Waals surface area contributed by atoms with Gasteiger partial charge >= 0.3 is 0 Å². The summed E-state index contributed by atoms with van der Waals surface area (Å²) in [7, 11) is -3.72. The van der Waals surface area contributed by atoms with E-state index in [9.17, 15) is 13.2 Å². The van der Waals surface area contributed by atoms with E-state index >= 15 is 0 Å². The van der Waals surface area contributed by atoms with E-state index in [1.54, 1.807) is 55.8 Å². The van der Waals surface area contributed by atoms with Crippen LogP contribution in [0.3, 0.4) is 0 Å². The number of nitrogens with one attached hydrogen (secondary N) is 1. The Kier molecular flexibility index (Phi) is 7.36. The van der Waals surface area contributed by atoms with Crippen LogP contribution in [0, 0.1) is 5.92 Å². The zero-order valence-electron chi connectivity index (χ0n) is 17.0. The second kappa shape index (κ2) is 9.97. The first-order valence-corrected chi connectivity index (χ1v) is 12.0. The van der Waals surface area contributed by atoms with Crippen molar-refractivity contribution in [2.75, 3.05) is 11.9 Å². The zero-order chi connectivity index (χ0) is 21.6. The number of benzene rings is 1. The molecule has 6 nitrogen and oxygen atoms in total. The van der Waals surface area contributed by atoms with Gasteiger partial charge in [0.1, 0.15) is 0 Å². The van der Waals surface area contributed by atoms with Crippen molar-refractivity contribution in [1.29, 1.82) is 0 Å². The second-order valence-electron chi connectivity index (χ2n) is 7.20. The third-order valence-electron chi connectivity index (χ3n) is 4.55. The number of aromatic nitrogens is 1. The van der Waals surface area contributed by atoms with Crippen molar-refractivity contribution >= 4 is 33.0 Å². The lowest BCUT2D eigenvalue weighted by atomic mass is 10.2. The molecular weight excluding hydrogens is 418 g/mol. The maximum absolute atomic E-state index is 13.4. The van der Waals surface area contributed by atoms with Gasteiger partial charge in [-0.05, 0) is 53.8 Å². The van der Waals surface area contributed by atoms with E-state index in [2.05, 4.69) is 10.3 Å². The van der Waals surface area contributed by atoms with Crippen LogP contribution in [0.2, 0.25) is 0 Å². The molecule has 158 valence electrons. The molecule has 1 amide bonds. The quantitative estimate of drug-likeness (QED) is 0.538. The average Bonchev–Trinajstić information content (AvgIpc) is 3.25. The number of anilines is 1. The number of hydrogen-bond acceptors (Lipinski definition) is 5. The number of nitrogens with zero attached hydrogens (tertiary/aromatic N) is 2. The number of pyridine rings is 1. The molecule has 2 heterocycles. The minimum atomic E-state index is -3.72. The molecule has 0 aliphatic heterocycles. The molecular formula is C22H25N3O3S2. The molecule has 3 aromatic rings. The van der Waals surface area contributed by atoms with Gasteiger partial charge in [0, 0.05) is 42.0 Å². The number of hydrogen-bond donors (Lipinski definition) is 1. The van der Waals surface area contributed by atoms with Crippen molar-refractivity contribution in [2.45, 2.75) is 31.7 Å². The van der Waals surface area contributed by atoms with E-state index in [0.717, 1.165) is 10.4 Å². The first-order valence-electron chi connectivity index (χ1n) is 9.68. The predicted molar refractivity (Wildman–Crippen MR) is 120 cm³/mol. The lowest BCUT2D eigenvalue weighted by Crippen LogP contribution is -2.32. The largest absolute Gasteiger partial charge is 0.326 e. The molecule has 0 fully saturated rings. The van der Waals surface area contributed by atoms with Crippen LogP contribution in [0.25, 0.3) is 0 Å². The normalized spacial score (nSPS) is 11.7. The molecule has 0 saturated heterocycles. The summed E-state index contributed by atoms with van der Waals surface area (Å²) in [5, 5.41) is 4.76. The Bertz CT molecular complexity index is 1050. The Morgan fingerprint density at radius 1 is 1.13 bits per heavy atom. The van der Waals surface area contributed by atoms with E-state index in [1.807, 2.05) is 23.6 Å². The highest BCUT2D eigenvalue weighted by Crippen LogP contribution is 2.22. The van der Waals surface area contributed by atoms with Gasteiger partial charge in [-0.25, -0.2) is 8.42 Å². The van der Waals surface area contributed by atoms with Gasteiger partial charge in [0.2, 0.25) is 15.9 Å². The lowest BCUT2D eigenvalue weighted by molar-refractivity contribution is -0.118. The van der Waals surface area contributed by atoms with Crippen LogP contribution in [-0.2, 0) is 27.8 Å². The third-order valence-corrected chi connectivity index (χ3v) is 7.35. The maximum atomic E-state index is 13.4. The van der Waals surface area contributed by atoms with Crippen LogP contribution < -0.4 is 5.32 Å². The molecule has 3 rings (SSSR count). The smallest absolute Gasteiger partial charge is 0.243 e. The van der Waals surface area contributed by atoms with Gasteiger partial charge < -0.3 is 5.32 Å². The van der Waals surface area contributed by atoms with E-state index < -0.39 is 10.0 Å². The molecule has 0 radical (unpaired) electrons. The van der Waals surface area contributed by atoms with Gasteiger partial charge in [-0.15, -0.1) is 11.3 Å². The van der Waals surface area contributed by atoms with Crippen LogP contribution in [0.1, 0.15) is 24.3 Å². The standard InChI is InChI=1S/C22H25N3O3S2/c1-17(2)22(26)24-19-7-9-21(10-8-19)30(27,28)25(13-11-20-6-4-14-29-20)16-18-5-3-12-23-15-18/h3-10,12,14-15,17H,11,13,16H2,1-2H3,(H,24,26). The van der Waals surface area contributed by atoms with Crippen molar-refractivity contribution in [3.8, 4) is 0 Å². The van der Waals surface area contributed by atoms with Crippen molar-refractivity contribution < 1.29 is 13.2 Å². The Morgan fingerprint density at radius 2 is 1.90 bits per heavy atom. The molecule has 1 aromatic carbocycles. The van der Waals surface area contributed by atoms with Gasteiger partial charge in [0.25, 0.3) is 0 Å². The summed E-state index contributed by atoms with van der Waals surface area (Å²) >= 11 is 1.61. The van der Waals surface area contributed by atoms with Crippen LogP contribution in [-0.4, -0.2) is 30.2 Å². The Hall–Kier alpha value is -2.55. The van der Waals surface area contributed by atoms with E-state index in [1.165, 1.54) is 16.4 Å². The van der Waals surface area contributed by atoms with Gasteiger partial charge in [0.15, 0.2) is 0 Å². The molecule has 1 N–H and O–H groups in total. The summed E-state index contributed by atoms with van der Waals surface area (Å²) in [5.74, 6) is -0.264. The maximum Gasteiger partial charge on any atom is 0.243 e. The molecule has 8 heteroatoms. The van der Waals surface area contributed by atoms with Gasteiger partial charge in [-0.2, -0.15) is 4.31 Å². The number of thiophene rings is 1. The fourth-order valence-electron chi connectivity index (χ4n) is 2.82. The summed E-state index contributed by atoms with van der Waals surface area (Å²) in [4.78, 5) is 17.3. The number of rotatable bonds is 9. The predicted octanol–water partition coefficient (Wildman–Crippen LogP) is 4.17. The fourth-order valence-corrected chi connectivity index (χ4v) is 4.94. The highest BCUT2D eigenvalue weighted by molar-refractivity contribution is 7.89. The fraction of sp³-hybridized carbons (Fsp3) is 0.273. The van der Waals surface area contributed by atoms with E-state index in [4.69, 9.17) is 0 Å². The number of amides is 1. The molecule has 0 atom stereocenters. The minimum Gasteiger partial charge on any atom is -0.326 e. The summed E-state index contributed by atoms with van der Waals surface area (Å²) in [5.41, 5.74) is 1.40. The summed E-state index contributed by atoms with van der Waals surface area (Å²) < 4.78 is 28.2. The first kappa shape index (κ1) is 22.1. The summed E-state index contributed by atoms with van der Waals surface area (Å²) in [6, 6.07) is 13.9. The van der Waals surface area contributed by atoms with Crippen LogP contribution in [0.4, 0.5) is 5.69 Å². The molecule has 0 bridgehead atoms. The molecule has 0 unspecified atom stereocenters. The molecule has 0 aliphatic carbocycles. The number of sulfonamides is 1. The lowest BCUT2D eigenvalue weighted by Gasteiger charge is -2.22. The van der Waals surface area contributed by atoms with Crippen LogP contribution in [0.15, 0.2) is 71.2 Å². The second-order valence-corrected chi connectivity index (χ2v) is 10.2. The number of carbonyl (C=O) groups excluding carboxylic acids is 1. The van der Waals surface area contributed by atoms with E-state index in [-0.39, 0.29) is 23.3 Å². The zero-order valence-corrected chi connectivity index (χ0v) is 18.6. The van der Waals surface area contributed by atoms with Gasteiger partial charge in [-0.3, -0.25) is 9.78 Å². The molecule has 0 aliphatic rings. The van der Waals surface area contributed by atoms with Crippen LogP contribution >= 0.6 is 11.3 Å². The molecule has 30 heavy (non-hydrogen) atoms. The van der Waals surface area contributed by atoms with Crippen molar-refractivity contribution in [3.63, 3.8) is 0 Å². The highest BCUT2D eigenvalue weighted by atomic mass is 32.2. The monoisotopic (exact) mass is 443 g/mol. The Balaban J connectivity index is 1.81. The van der Waals surface area contributed by atoms with Gasteiger partial charge in [-0.1, -0.05) is 26.0 Å². The summed E-state index contributed by atoms with van der Waals surface area (Å²) in [6.07, 6.45) is 3.98. The SMILES string of the molecule is CC(C)C(=O)Nc1ccc(S(=O)(=O)N(CCc2cccs2)Cc2cccnc2)cc1. The van der Waals surface area contributed by atoms with Crippen molar-refractivity contribution in [2.24, 2.45) is 5.92 Å². The average molecular weight is 444 g/mol. The van der Waals surface area contributed by atoms with E-state index in [0.29, 0.717) is 18.7 Å². The Labute approximate surface area is 181 Å². The number of carbonyl (C=O) groups is 1. The first-order chi connectivity index (χ1) is 14.4. The highest BCUT2D eigenvalue weighted by Gasteiger charge is 2.25. The minimum absolute atomic E-state index is 0.111. The Morgan fingerprint density at radius 3 is 2.50 bits per heavy atom.